The van der Waals surface area contributed by atoms with Gasteiger partial charge in [-0.3, -0.25) is 9.78 Å². The molecule has 2 aromatic rings. The highest BCUT2D eigenvalue weighted by Crippen LogP contribution is 2.32. The standard InChI is InChI=1S/C20H23FN2O2/c1-2-3-13-25-18-14-15(21)8-9-16(18)19-17(7-6-10-22-19)20(24)23-11-4-5-12-23/h6-10,14H,2-5,11-13H2,1H3. The Kier molecular flexibility index (Phi) is 5.64. The van der Waals surface area contributed by atoms with Crippen molar-refractivity contribution in [2.75, 3.05) is 19.7 Å². The molecule has 2 heterocycles. The van der Waals surface area contributed by atoms with Crippen LogP contribution in [-0.4, -0.2) is 35.5 Å². The van der Waals surface area contributed by atoms with Gasteiger partial charge in [0.1, 0.15) is 11.6 Å². The van der Waals surface area contributed by atoms with Gasteiger partial charge in [-0.15, -0.1) is 0 Å². The van der Waals surface area contributed by atoms with E-state index < -0.39 is 0 Å². The summed E-state index contributed by atoms with van der Waals surface area (Å²) in [6.07, 6.45) is 5.59. The van der Waals surface area contributed by atoms with E-state index in [-0.39, 0.29) is 11.7 Å². The van der Waals surface area contributed by atoms with Crippen molar-refractivity contribution in [2.45, 2.75) is 32.6 Å². The highest BCUT2D eigenvalue weighted by atomic mass is 19.1. The Hall–Kier alpha value is -2.43. The fourth-order valence-corrected chi connectivity index (χ4v) is 3.02. The molecule has 0 N–H and O–H groups in total. The van der Waals surface area contributed by atoms with Gasteiger partial charge in [-0.25, -0.2) is 4.39 Å². The molecule has 0 saturated carbocycles. The second-order valence-corrected chi connectivity index (χ2v) is 6.24. The van der Waals surface area contributed by atoms with Gasteiger partial charge in [0.25, 0.3) is 5.91 Å². The molecule has 4 nitrogen and oxygen atoms in total. The molecular formula is C20H23FN2O2. The summed E-state index contributed by atoms with van der Waals surface area (Å²) in [7, 11) is 0. The first kappa shape index (κ1) is 17.4. The van der Waals surface area contributed by atoms with Crippen LogP contribution in [0.2, 0.25) is 0 Å². The Bertz CT molecular complexity index is 742. The van der Waals surface area contributed by atoms with Gasteiger partial charge in [-0.2, -0.15) is 0 Å². The molecule has 25 heavy (non-hydrogen) atoms. The van der Waals surface area contributed by atoms with Crippen LogP contribution in [0.1, 0.15) is 43.0 Å². The first-order valence-electron chi connectivity index (χ1n) is 8.87. The van der Waals surface area contributed by atoms with Crippen LogP contribution in [0.25, 0.3) is 11.3 Å². The van der Waals surface area contributed by atoms with Crippen LogP contribution in [0.15, 0.2) is 36.5 Å². The number of aromatic nitrogens is 1. The molecule has 1 saturated heterocycles. The van der Waals surface area contributed by atoms with Crippen molar-refractivity contribution in [1.29, 1.82) is 0 Å². The number of amides is 1. The minimum atomic E-state index is -0.362. The lowest BCUT2D eigenvalue weighted by atomic mass is 10.0. The summed E-state index contributed by atoms with van der Waals surface area (Å²) in [6.45, 7) is 4.13. The third-order valence-corrected chi connectivity index (χ3v) is 4.39. The molecule has 1 aromatic carbocycles. The fraction of sp³-hybridized carbons (Fsp3) is 0.400. The number of ether oxygens (including phenoxy) is 1. The van der Waals surface area contributed by atoms with Gasteiger partial charge in [0.05, 0.1) is 17.9 Å². The lowest BCUT2D eigenvalue weighted by Crippen LogP contribution is -2.28. The van der Waals surface area contributed by atoms with Crippen LogP contribution in [0.4, 0.5) is 4.39 Å². The van der Waals surface area contributed by atoms with Crippen molar-refractivity contribution in [3.8, 4) is 17.0 Å². The number of likely N-dealkylation sites (tertiary alicyclic amines) is 1. The van der Waals surface area contributed by atoms with Gasteiger partial charge >= 0.3 is 0 Å². The SMILES string of the molecule is CCCCOc1cc(F)ccc1-c1ncccc1C(=O)N1CCCC1. The summed E-state index contributed by atoms with van der Waals surface area (Å²) in [5.41, 5.74) is 1.74. The Morgan fingerprint density at radius 2 is 2.08 bits per heavy atom. The number of hydrogen-bond donors (Lipinski definition) is 0. The van der Waals surface area contributed by atoms with E-state index in [1.165, 1.54) is 12.1 Å². The van der Waals surface area contributed by atoms with Crippen LogP contribution < -0.4 is 4.74 Å². The topological polar surface area (TPSA) is 42.4 Å². The van der Waals surface area contributed by atoms with E-state index in [0.29, 0.717) is 29.2 Å². The molecule has 0 unspecified atom stereocenters. The number of carbonyl (C=O) groups is 1. The molecule has 0 atom stereocenters. The molecule has 0 bridgehead atoms. The number of halogens is 1. The normalized spacial score (nSPS) is 13.9. The zero-order chi connectivity index (χ0) is 17.6. The number of hydrogen-bond acceptors (Lipinski definition) is 3. The summed E-state index contributed by atoms with van der Waals surface area (Å²) in [6, 6.07) is 7.92. The van der Waals surface area contributed by atoms with Crippen LogP contribution in [0, 0.1) is 5.82 Å². The van der Waals surface area contributed by atoms with Gasteiger partial charge in [0, 0.05) is 30.9 Å². The summed E-state index contributed by atoms with van der Waals surface area (Å²) in [5, 5.41) is 0. The Morgan fingerprint density at radius 1 is 1.28 bits per heavy atom. The zero-order valence-electron chi connectivity index (χ0n) is 14.5. The minimum absolute atomic E-state index is 0.0237. The van der Waals surface area contributed by atoms with Crippen LogP contribution in [-0.2, 0) is 0 Å². The molecule has 3 rings (SSSR count). The fourth-order valence-electron chi connectivity index (χ4n) is 3.02. The zero-order valence-corrected chi connectivity index (χ0v) is 14.5. The smallest absolute Gasteiger partial charge is 0.256 e. The minimum Gasteiger partial charge on any atom is -0.493 e. The molecule has 0 radical (unpaired) electrons. The maximum absolute atomic E-state index is 13.7. The van der Waals surface area contributed by atoms with E-state index in [2.05, 4.69) is 11.9 Å². The summed E-state index contributed by atoms with van der Waals surface area (Å²) in [4.78, 5) is 19.1. The number of pyridine rings is 1. The average Bonchev–Trinajstić information content (AvgIpc) is 3.16. The van der Waals surface area contributed by atoms with E-state index in [9.17, 15) is 9.18 Å². The lowest BCUT2D eigenvalue weighted by molar-refractivity contribution is 0.0793. The maximum Gasteiger partial charge on any atom is 0.256 e. The van der Waals surface area contributed by atoms with Crippen molar-refractivity contribution < 1.29 is 13.9 Å². The summed E-state index contributed by atoms with van der Waals surface area (Å²) >= 11 is 0. The average molecular weight is 342 g/mol. The monoisotopic (exact) mass is 342 g/mol. The van der Waals surface area contributed by atoms with Crippen molar-refractivity contribution in [3.63, 3.8) is 0 Å². The van der Waals surface area contributed by atoms with E-state index >= 15 is 0 Å². The molecule has 0 aliphatic carbocycles. The second-order valence-electron chi connectivity index (χ2n) is 6.24. The summed E-state index contributed by atoms with van der Waals surface area (Å²) < 4.78 is 19.5. The van der Waals surface area contributed by atoms with Gasteiger partial charge in [-0.05, 0) is 43.5 Å². The van der Waals surface area contributed by atoms with Gasteiger partial charge < -0.3 is 9.64 Å². The molecule has 5 heteroatoms. The second kappa shape index (κ2) is 8.10. The van der Waals surface area contributed by atoms with Crippen molar-refractivity contribution in [1.82, 2.24) is 9.88 Å². The van der Waals surface area contributed by atoms with Gasteiger partial charge in [0.2, 0.25) is 0 Å². The van der Waals surface area contributed by atoms with Gasteiger partial charge in [-0.1, -0.05) is 13.3 Å². The molecule has 1 aliphatic rings. The van der Waals surface area contributed by atoms with E-state index in [0.717, 1.165) is 38.8 Å². The van der Waals surface area contributed by atoms with Crippen molar-refractivity contribution in [2.24, 2.45) is 0 Å². The Morgan fingerprint density at radius 3 is 2.84 bits per heavy atom. The first-order valence-corrected chi connectivity index (χ1v) is 8.87. The molecule has 1 fully saturated rings. The molecule has 1 aliphatic heterocycles. The number of rotatable bonds is 6. The molecule has 1 aromatic heterocycles. The third-order valence-electron chi connectivity index (χ3n) is 4.39. The number of carbonyl (C=O) groups excluding carboxylic acids is 1. The number of unbranched alkanes of at least 4 members (excludes halogenated alkanes) is 1. The Labute approximate surface area is 147 Å². The maximum atomic E-state index is 13.7. The largest absolute Gasteiger partial charge is 0.493 e. The quantitative estimate of drug-likeness (QED) is 0.735. The van der Waals surface area contributed by atoms with Crippen LogP contribution >= 0.6 is 0 Å². The molecule has 132 valence electrons. The Balaban J connectivity index is 1.97. The first-order chi connectivity index (χ1) is 12.2. The molecular weight excluding hydrogens is 319 g/mol. The van der Waals surface area contributed by atoms with Crippen molar-refractivity contribution in [3.05, 3.63) is 47.9 Å². The van der Waals surface area contributed by atoms with Crippen molar-refractivity contribution >= 4 is 5.91 Å². The predicted molar refractivity (Wildman–Crippen MR) is 95.2 cm³/mol. The van der Waals surface area contributed by atoms with Crippen LogP contribution in [0.5, 0.6) is 5.75 Å². The highest BCUT2D eigenvalue weighted by Gasteiger charge is 2.24. The van der Waals surface area contributed by atoms with E-state index in [1.54, 1.807) is 24.4 Å². The predicted octanol–water partition coefficient (Wildman–Crippen LogP) is 4.30. The van der Waals surface area contributed by atoms with E-state index in [4.69, 9.17) is 4.74 Å². The number of nitrogens with zero attached hydrogens (tertiary/aromatic N) is 2. The highest BCUT2D eigenvalue weighted by molar-refractivity contribution is 6.00. The van der Waals surface area contributed by atoms with E-state index in [1.807, 2.05) is 4.90 Å². The molecule has 0 spiro atoms. The summed E-state index contributed by atoms with van der Waals surface area (Å²) in [5.74, 6) is 0.0469. The third kappa shape index (κ3) is 3.98. The number of benzene rings is 1. The molecule has 1 amide bonds. The lowest BCUT2D eigenvalue weighted by Gasteiger charge is -2.18. The van der Waals surface area contributed by atoms with Gasteiger partial charge in [0.15, 0.2) is 0 Å². The van der Waals surface area contributed by atoms with Crippen LogP contribution in [0.3, 0.4) is 0 Å².